The fourth-order valence-electron chi connectivity index (χ4n) is 1.96. The van der Waals surface area contributed by atoms with E-state index in [0.29, 0.717) is 6.54 Å². The van der Waals surface area contributed by atoms with Crippen molar-refractivity contribution < 1.29 is 4.92 Å². The zero-order chi connectivity index (χ0) is 16.2. The van der Waals surface area contributed by atoms with Gasteiger partial charge in [0.15, 0.2) is 0 Å². The Balaban J connectivity index is 1.68. The second-order valence-electron chi connectivity index (χ2n) is 4.66. The molecule has 0 saturated carbocycles. The first kappa shape index (κ1) is 14.4. The second kappa shape index (κ2) is 6.10. The summed E-state index contributed by atoms with van der Waals surface area (Å²) < 4.78 is 1.75. The van der Waals surface area contributed by atoms with Crippen LogP contribution in [-0.2, 0) is 6.54 Å². The van der Waals surface area contributed by atoms with Crippen molar-refractivity contribution in [2.24, 2.45) is 0 Å². The first-order valence-electron chi connectivity index (χ1n) is 6.74. The van der Waals surface area contributed by atoms with E-state index < -0.39 is 4.92 Å². The molecule has 2 heterocycles. The van der Waals surface area contributed by atoms with Crippen LogP contribution in [0.1, 0.15) is 5.69 Å². The van der Waals surface area contributed by atoms with Gasteiger partial charge in [0.25, 0.3) is 0 Å². The highest BCUT2D eigenvalue weighted by atomic mass is 16.6. The van der Waals surface area contributed by atoms with Crippen LogP contribution in [0.25, 0.3) is 5.69 Å². The van der Waals surface area contributed by atoms with Crippen LogP contribution in [-0.4, -0.2) is 24.7 Å². The van der Waals surface area contributed by atoms with Crippen molar-refractivity contribution in [3.63, 3.8) is 0 Å². The minimum absolute atomic E-state index is 0.178. The lowest BCUT2D eigenvalue weighted by atomic mass is 10.3. The molecule has 0 spiro atoms. The molecule has 0 radical (unpaired) electrons. The first-order chi connectivity index (χ1) is 11.1. The van der Waals surface area contributed by atoms with Crippen molar-refractivity contribution in [3.05, 3.63) is 64.6 Å². The van der Waals surface area contributed by atoms with Gasteiger partial charge in [0.05, 0.1) is 22.8 Å². The summed E-state index contributed by atoms with van der Waals surface area (Å²) in [4.78, 5) is 17.8. The number of rotatable bonds is 5. The second-order valence-corrected chi connectivity index (χ2v) is 4.66. The van der Waals surface area contributed by atoms with Crippen molar-refractivity contribution >= 4 is 17.5 Å². The summed E-state index contributed by atoms with van der Waals surface area (Å²) in [5, 5.41) is 18.0. The number of nitrogen functional groups attached to an aromatic ring is 1. The molecule has 0 atom stereocenters. The van der Waals surface area contributed by atoms with Gasteiger partial charge in [-0.25, -0.2) is 9.67 Å². The summed E-state index contributed by atoms with van der Waals surface area (Å²) in [5.41, 5.74) is 6.93. The maximum atomic E-state index is 10.7. The highest BCUT2D eigenvalue weighted by molar-refractivity contribution is 5.53. The number of aromatic nitrogens is 4. The van der Waals surface area contributed by atoms with E-state index in [4.69, 9.17) is 5.73 Å². The summed E-state index contributed by atoms with van der Waals surface area (Å²) in [7, 11) is 0. The lowest BCUT2D eigenvalue weighted by Gasteiger charge is -2.03. The fourth-order valence-corrected chi connectivity index (χ4v) is 1.96. The average Bonchev–Trinajstić information content (AvgIpc) is 3.02. The Kier molecular flexibility index (Phi) is 3.83. The van der Waals surface area contributed by atoms with Gasteiger partial charge in [0.1, 0.15) is 6.20 Å². The van der Waals surface area contributed by atoms with E-state index in [-0.39, 0.29) is 17.5 Å². The predicted molar refractivity (Wildman–Crippen MR) is 84.0 cm³/mol. The van der Waals surface area contributed by atoms with E-state index in [2.05, 4.69) is 20.4 Å². The number of para-hydroxylation sites is 1. The molecule has 23 heavy (non-hydrogen) atoms. The van der Waals surface area contributed by atoms with Crippen LogP contribution < -0.4 is 11.1 Å². The van der Waals surface area contributed by atoms with Crippen LogP contribution in [0.5, 0.6) is 0 Å². The van der Waals surface area contributed by atoms with Crippen LogP contribution in [0.2, 0.25) is 0 Å². The number of nitrogens with zero attached hydrogens (tertiary/aromatic N) is 5. The molecule has 116 valence electrons. The summed E-state index contributed by atoms with van der Waals surface area (Å²) in [5.74, 6) is 0.0321. The Hall–Kier alpha value is -3.49. The third-order valence-corrected chi connectivity index (χ3v) is 3.09. The summed E-state index contributed by atoms with van der Waals surface area (Å²) in [6.45, 7) is 0.372. The van der Waals surface area contributed by atoms with Crippen LogP contribution in [0.4, 0.5) is 17.5 Å². The maximum Gasteiger partial charge on any atom is 0.329 e. The molecule has 0 bridgehead atoms. The molecule has 0 aliphatic carbocycles. The molecule has 0 fully saturated rings. The van der Waals surface area contributed by atoms with Gasteiger partial charge in [0.2, 0.25) is 11.8 Å². The Morgan fingerprint density at radius 1 is 1.26 bits per heavy atom. The monoisotopic (exact) mass is 311 g/mol. The SMILES string of the molecule is Nc1nc(NCc2ccn(-c3ccccc3)n2)ncc1[N+](=O)[O-]. The Labute approximate surface area is 130 Å². The van der Waals surface area contributed by atoms with Gasteiger partial charge in [-0.3, -0.25) is 10.1 Å². The van der Waals surface area contributed by atoms with Gasteiger partial charge in [-0.2, -0.15) is 10.1 Å². The van der Waals surface area contributed by atoms with Gasteiger partial charge in [0, 0.05) is 6.20 Å². The standard InChI is InChI=1S/C14H13N7O2/c15-13-12(21(22)23)9-17-14(18-13)16-8-10-6-7-20(19-10)11-4-2-1-3-5-11/h1-7,9H,8H2,(H3,15,16,17,18). The van der Waals surface area contributed by atoms with Gasteiger partial charge in [-0.1, -0.05) is 18.2 Å². The molecule has 0 saturated heterocycles. The summed E-state index contributed by atoms with van der Waals surface area (Å²) in [6, 6.07) is 11.6. The molecule has 0 amide bonds. The summed E-state index contributed by atoms with van der Waals surface area (Å²) in [6.07, 6.45) is 2.92. The van der Waals surface area contributed by atoms with Crippen molar-refractivity contribution in [2.75, 3.05) is 11.1 Å². The lowest BCUT2D eigenvalue weighted by molar-refractivity contribution is -0.384. The largest absolute Gasteiger partial charge is 0.378 e. The molecule has 3 N–H and O–H groups in total. The normalized spacial score (nSPS) is 10.4. The fraction of sp³-hybridized carbons (Fsp3) is 0.0714. The Morgan fingerprint density at radius 3 is 2.74 bits per heavy atom. The third kappa shape index (κ3) is 3.23. The van der Waals surface area contributed by atoms with E-state index in [1.54, 1.807) is 4.68 Å². The van der Waals surface area contributed by atoms with Gasteiger partial charge in [-0.15, -0.1) is 0 Å². The van der Waals surface area contributed by atoms with Crippen molar-refractivity contribution in [1.82, 2.24) is 19.7 Å². The maximum absolute atomic E-state index is 10.7. The lowest BCUT2D eigenvalue weighted by Crippen LogP contribution is -2.07. The van der Waals surface area contributed by atoms with E-state index in [1.165, 1.54) is 0 Å². The number of nitrogens with two attached hydrogens (primary N) is 1. The van der Waals surface area contributed by atoms with E-state index in [0.717, 1.165) is 17.6 Å². The number of nitrogens with one attached hydrogen (secondary N) is 1. The molecule has 1 aromatic carbocycles. The zero-order valence-electron chi connectivity index (χ0n) is 12.0. The Morgan fingerprint density at radius 2 is 2.04 bits per heavy atom. The quantitative estimate of drug-likeness (QED) is 0.543. The van der Waals surface area contributed by atoms with E-state index in [9.17, 15) is 10.1 Å². The van der Waals surface area contributed by atoms with Crippen molar-refractivity contribution in [2.45, 2.75) is 6.54 Å². The average molecular weight is 311 g/mol. The van der Waals surface area contributed by atoms with Crippen molar-refractivity contribution in [3.8, 4) is 5.69 Å². The van der Waals surface area contributed by atoms with E-state index >= 15 is 0 Å². The summed E-state index contributed by atoms with van der Waals surface area (Å²) >= 11 is 0. The number of anilines is 2. The highest BCUT2D eigenvalue weighted by Crippen LogP contribution is 2.18. The molecule has 2 aromatic heterocycles. The smallest absolute Gasteiger partial charge is 0.329 e. The minimum atomic E-state index is -0.624. The molecule has 0 aliphatic heterocycles. The number of benzene rings is 1. The van der Waals surface area contributed by atoms with E-state index in [1.807, 2.05) is 42.6 Å². The molecule has 9 nitrogen and oxygen atoms in total. The van der Waals surface area contributed by atoms with Crippen molar-refractivity contribution in [1.29, 1.82) is 0 Å². The number of hydrogen-bond acceptors (Lipinski definition) is 7. The van der Waals surface area contributed by atoms with Crippen LogP contribution >= 0.6 is 0 Å². The molecule has 9 heteroatoms. The first-order valence-corrected chi connectivity index (χ1v) is 6.74. The van der Waals surface area contributed by atoms with Gasteiger partial charge < -0.3 is 11.1 Å². The molecular weight excluding hydrogens is 298 g/mol. The zero-order valence-corrected chi connectivity index (χ0v) is 12.0. The topological polar surface area (TPSA) is 125 Å². The number of nitro groups is 1. The van der Waals surface area contributed by atoms with Crippen LogP contribution in [0, 0.1) is 10.1 Å². The third-order valence-electron chi connectivity index (χ3n) is 3.09. The van der Waals surface area contributed by atoms with Gasteiger partial charge >= 0.3 is 5.69 Å². The predicted octanol–water partition coefficient (Wildman–Crippen LogP) is 1.76. The van der Waals surface area contributed by atoms with Crippen LogP contribution in [0.3, 0.4) is 0 Å². The number of hydrogen-bond donors (Lipinski definition) is 2. The molecule has 3 aromatic rings. The van der Waals surface area contributed by atoms with Crippen LogP contribution in [0.15, 0.2) is 48.8 Å². The molecular formula is C14H13N7O2. The highest BCUT2D eigenvalue weighted by Gasteiger charge is 2.14. The Bertz CT molecular complexity index is 832. The molecule has 3 rings (SSSR count). The molecule has 0 aliphatic rings. The molecule has 0 unspecified atom stereocenters. The van der Waals surface area contributed by atoms with Gasteiger partial charge in [-0.05, 0) is 18.2 Å². The minimum Gasteiger partial charge on any atom is -0.378 e.